The van der Waals surface area contributed by atoms with Crippen LogP contribution in [-0.4, -0.2) is 16.2 Å². The first-order chi connectivity index (χ1) is 9.18. The average Bonchev–Trinajstić information content (AvgIpc) is 2.37. The minimum absolute atomic E-state index is 0.324. The lowest BCUT2D eigenvalue weighted by atomic mass is 9.49. The van der Waals surface area contributed by atoms with Crippen LogP contribution in [0.4, 0.5) is 5.95 Å². The molecule has 102 valence electrons. The van der Waals surface area contributed by atoms with Gasteiger partial charge in [-0.05, 0) is 62.5 Å². The molecule has 4 bridgehead atoms. The Kier molecular flexibility index (Phi) is 2.60. The standard InChI is InChI=1S/C15H21N3S/c1-19-12-8-17-14(16)18-13(12)15-5-9-2-10(6-15)4-11(3-9)7-15/h8-11H,2-7H2,1H3,(H2,16,17,18). The smallest absolute Gasteiger partial charge is 0.220 e. The number of hydrogen-bond acceptors (Lipinski definition) is 4. The maximum atomic E-state index is 5.87. The monoisotopic (exact) mass is 275 g/mol. The Hall–Kier alpha value is -0.770. The molecule has 4 heteroatoms. The number of anilines is 1. The summed E-state index contributed by atoms with van der Waals surface area (Å²) in [6.45, 7) is 0. The molecule has 0 amide bonds. The van der Waals surface area contributed by atoms with Crippen molar-refractivity contribution in [2.45, 2.75) is 48.8 Å². The van der Waals surface area contributed by atoms with E-state index in [9.17, 15) is 0 Å². The molecule has 0 saturated heterocycles. The Bertz CT molecular complexity index is 479. The first kappa shape index (κ1) is 12.0. The molecular weight excluding hydrogens is 254 g/mol. The van der Waals surface area contributed by atoms with Crippen LogP contribution in [0.15, 0.2) is 11.1 Å². The lowest BCUT2D eigenvalue weighted by Gasteiger charge is -2.56. The molecule has 1 aromatic heterocycles. The van der Waals surface area contributed by atoms with Gasteiger partial charge in [-0.3, -0.25) is 0 Å². The van der Waals surface area contributed by atoms with Gasteiger partial charge in [0.25, 0.3) is 0 Å². The summed E-state index contributed by atoms with van der Waals surface area (Å²) < 4.78 is 0. The molecule has 2 N–H and O–H groups in total. The predicted molar refractivity (Wildman–Crippen MR) is 78.1 cm³/mol. The SMILES string of the molecule is CSc1cnc(N)nc1C12CC3CC(CC(C3)C1)C2. The second kappa shape index (κ2) is 4.11. The van der Waals surface area contributed by atoms with E-state index in [4.69, 9.17) is 5.73 Å². The predicted octanol–water partition coefficient (Wildman–Crippen LogP) is 3.25. The molecule has 4 fully saturated rings. The van der Waals surface area contributed by atoms with Gasteiger partial charge in [-0.25, -0.2) is 9.97 Å². The molecule has 1 aromatic rings. The molecule has 0 radical (unpaired) electrons. The van der Waals surface area contributed by atoms with E-state index >= 15 is 0 Å². The van der Waals surface area contributed by atoms with Crippen LogP contribution < -0.4 is 5.73 Å². The van der Waals surface area contributed by atoms with Crippen molar-refractivity contribution >= 4 is 17.7 Å². The van der Waals surface area contributed by atoms with Crippen molar-refractivity contribution in [2.75, 3.05) is 12.0 Å². The van der Waals surface area contributed by atoms with E-state index in [0.29, 0.717) is 11.4 Å². The molecule has 0 aromatic carbocycles. The Labute approximate surface area is 118 Å². The van der Waals surface area contributed by atoms with Crippen LogP contribution in [0.2, 0.25) is 0 Å². The van der Waals surface area contributed by atoms with Crippen LogP contribution in [0.5, 0.6) is 0 Å². The van der Waals surface area contributed by atoms with Crippen LogP contribution >= 0.6 is 11.8 Å². The van der Waals surface area contributed by atoms with Crippen molar-refractivity contribution in [1.82, 2.24) is 9.97 Å². The third-order valence-electron chi connectivity index (χ3n) is 5.53. The van der Waals surface area contributed by atoms with E-state index in [1.54, 1.807) is 11.8 Å². The summed E-state index contributed by atoms with van der Waals surface area (Å²) in [6.07, 6.45) is 12.5. The second-order valence-electron chi connectivity index (χ2n) is 6.84. The van der Waals surface area contributed by atoms with Crippen molar-refractivity contribution in [3.8, 4) is 0 Å². The molecule has 19 heavy (non-hydrogen) atoms. The highest BCUT2D eigenvalue weighted by atomic mass is 32.2. The molecule has 0 spiro atoms. The van der Waals surface area contributed by atoms with Crippen molar-refractivity contribution < 1.29 is 0 Å². The Morgan fingerprint density at radius 1 is 1.16 bits per heavy atom. The van der Waals surface area contributed by atoms with E-state index in [2.05, 4.69) is 16.2 Å². The zero-order valence-electron chi connectivity index (χ0n) is 11.4. The lowest BCUT2D eigenvalue weighted by molar-refractivity contribution is -0.00852. The fourth-order valence-electron chi connectivity index (χ4n) is 5.31. The van der Waals surface area contributed by atoms with Crippen molar-refractivity contribution in [3.05, 3.63) is 11.9 Å². The summed E-state index contributed by atoms with van der Waals surface area (Å²) in [5.74, 6) is 3.27. The summed E-state index contributed by atoms with van der Waals surface area (Å²) in [7, 11) is 0. The number of aromatic nitrogens is 2. The van der Waals surface area contributed by atoms with E-state index < -0.39 is 0 Å². The molecule has 0 unspecified atom stereocenters. The summed E-state index contributed by atoms with van der Waals surface area (Å²) in [5, 5.41) is 0. The summed E-state index contributed by atoms with van der Waals surface area (Å²) >= 11 is 1.77. The zero-order valence-corrected chi connectivity index (χ0v) is 12.2. The fraction of sp³-hybridized carbons (Fsp3) is 0.733. The van der Waals surface area contributed by atoms with E-state index in [1.807, 2.05) is 6.20 Å². The van der Waals surface area contributed by atoms with Crippen molar-refractivity contribution in [2.24, 2.45) is 17.8 Å². The highest BCUT2D eigenvalue weighted by molar-refractivity contribution is 7.98. The van der Waals surface area contributed by atoms with Gasteiger partial charge in [0, 0.05) is 16.5 Å². The second-order valence-corrected chi connectivity index (χ2v) is 7.69. The fourth-order valence-corrected chi connectivity index (χ4v) is 5.93. The van der Waals surface area contributed by atoms with Gasteiger partial charge < -0.3 is 5.73 Å². The van der Waals surface area contributed by atoms with Gasteiger partial charge in [0.05, 0.1) is 5.69 Å². The lowest BCUT2D eigenvalue weighted by Crippen LogP contribution is -2.49. The molecular formula is C15H21N3S. The highest BCUT2D eigenvalue weighted by Crippen LogP contribution is 2.61. The highest BCUT2D eigenvalue weighted by Gasteiger charge is 2.53. The van der Waals surface area contributed by atoms with Crippen molar-refractivity contribution in [3.63, 3.8) is 0 Å². The van der Waals surface area contributed by atoms with Gasteiger partial charge in [0.15, 0.2) is 0 Å². The largest absolute Gasteiger partial charge is 0.368 e. The summed E-state index contributed by atoms with van der Waals surface area (Å²) in [4.78, 5) is 10.1. The Balaban J connectivity index is 1.81. The van der Waals surface area contributed by atoms with E-state index in [0.717, 1.165) is 17.8 Å². The third-order valence-corrected chi connectivity index (χ3v) is 6.27. The van der Waals surface area contributed by atoms with Gasteiger partial charge in [0.1, 0.15) is 0 Å². The van der Waals surface area contributed by atoms with Gasteiger partial charge in [0.2, 0.25) is 5.95 Å². The van der Waals surface area contributed by atoms with Crippen LogP contribution in [0.1, 0.15) is 44.2 Å². The average molecular weight is 275 g/mol. The molecule has 0 atom stereocenters. The Morgan fingerprint density at radius 2 is 1.74 bits per heavy atom. The minimum atomic E-state index is 0.324. The first-order valence-electron chi connectivity index (χ1n) is 7.35. The molecule has 0 aliphatic heterocycles. The maximum Gasteiger partial charge on any atom is 0.220 e. The van der Waals surface area contributed by atoms with Gasteiger partial charge >= 0.3 is 0 Å². The maximum absolute atomic E-state index is 5.87. The normalized spacial score (nSPS) is 39.7. The molecule has 1 heterocycles. The zero-order chi connectivity index (χ0) is 13.0. The van der Waals surface area contributed by atoms with Gasteiger partial charge in [-0.1, -0.05) is 0 Å². The van der Waals surface area contributed by atoms with Gasteiger partial charge in [-0.2, -0.15) is 0 Å². The number of nitrogen functional groups attached to an aromatic ring is 1. The van der Waals surface area contributed by atoms with Crippen LogP contribution in [0.25, 0.3) is 0 Å². The van der Waals surface area contributed by atoms with Crippen LogP contribution in [0.3, 0.4) is 0 Å². The number of rotatable bonds is 2. The number of nitrogens with two attached hydrogens (primary N) is 1. The summed E-state index contributed by atoms with van der Waals surface area (Å²) in [5.41, 5.74) is 7.46. The minimum Gasteiger partial charge on any atom is -0.368 e. The van der Waals surface area contributed by atoms with Crippen LogP contribution in [-0.2, 0) is 5.41 Å². The van der Waals surface area contributed by atoms with E-state index in [-0.39, 0.29) is 0 Å². The number of nitrogens with zero attached hydrogens (tertiary/aromatic N) is 2. The van der Waals surface area contributed by atoms with Crippen molar-refractivity contribution in [1.29, 1.82) is 0 Å². The van der Waals surface area contributed by atoms with Gasteiger partial charge in [-0.15, -0.1) is 11.8 Å². The summed E-state index contributed by atoms with van der Waals surface area (Å²) in [6, 6.07) is 0. The molecule has 5 rings (SSSR count). The molecule has 3 nitrogen and oxygen atoms in total. The first-order valence-corrected chi connectivity index (χ1v) is 8.58. The molecule has 4 aliphatic rings. The topological polar surface area (TPSA) is 51.8 Å². The molecule has 4 aliphatic carbocycles. The van der Waals surface area contributed by atoms with E-state index in [1.165, 1.54) is 49.1 Å². The quantitative estimate of drug-likeness (QED) is 0.842. The van der Waals surface area contributed by atoms with Crippen LogP contribution in [0, 0.1) is 17.8 Å². The number of hydrogen-bond donors (Lipinski definition) is 1. The third kappa shape index (κ3) is 1.79. The molecule has 4 saturated carbocycles. The Morgan fingerprint density at radius 3 is 2.26 bits per heavy atom. The number of thioether (sulfide) groups is 1.